The van der Waals surface area contributed by atoms with E-state index in [9.17, 15) is 9.65 Å². The lowest BCUT2D eigenvalue weighted by molar-refractivity contribution is 0.628. The molecule has 3 nitrogen and oxygen atoms in total. The molecule has 0 fully saturated rings. The molecule has 5 heteroatoms. The molecule has 0 atom stereocenters. The molecule has 3 rings (SSSR count). The van der Waals surface area contributed by atoms with E-state index >= 15 is 0 Å². The van der Waals surface area contributed by atoms with E-state index in [1.54, 1.807) is 24.3 Å². The number of fused-ring (bicyclic) bond motifs is 1. The van der Waals surface area contributed by atoms with Gasteiger partial charge in [0.25, 0.3) is 0 Å². The van der Waals surface area contributed by atoms with Gasteiger partial charge in [-0.3, -0.25) is 4.98 Å². The number of anilines is 2. The monoisotopic (exact) mass is 297 g/mol. The van der Waals surface area contributed by atoms with Crippen molar-refractivity contribution >= 4 is 33.9 Å². The van der Waals surface area contributed by atoms with Crippen molar-refractivity contribution in [2.24, 2.45) is 0 Å². The number of nitrogens with zero attached hydrogens (tertiary/aromatic N) is 2. The summed E-state index contributed by atoms with van der Waals surface area (Å²) in [5.74, 6) is -0.316. The number of rotatable bonds is 2. The maximum absolute atomic E-state index is 13.0. The lowest BCUT2D eigenvalue weighted by Gasteiger charge is -2.12. The molecular weight excluding hydrogens is 289 g/mol. The summed E-state index contributed by atoms with van der Waals surface area (Å²) in [5, 5.41) is 13.6. The van der Waals surface area contributed by atoms with Gasteiger partial charge in [-0.1, -0.05) is 23.7 Å². The normalized spacial score (nSPS) is 10.3. The molecule has 1 aromatic heterocycles. The van der Waals surface area contributed by atoms with E-state index in [2.05, 4.69) is 16.4 Å². The summed E-state index contributed by atoms with van der Waals surface area (Å²) in [7, 11) is 0. The van der Waals surface area contributed by atoms with Crippen molar-refractivity contribution in [2.45, 2.75) is 0 Å². The summed E-state index contributed by atoms with van der Waals surface area (Å²) in [4.78, 5) is 4.21. The SMILES string of the molecule is N#Cc1cnc2c(Cl)cccc2c1Nc1ccc(F)cc1. The first-order chi connectivity index (χ1) is 10.2. The first kappa shape index (κ1) is 13.3. The van der Waals surface area contributed by atoms with Gasteiger partial charge < -0.3 is 5.32 Å². The summed E-state index contributed by atoms with van der Waals surface area (Å²) in [6.07, 6.45) is 1.47. The van der Waals surface area contributed by atoms with Crippen LogP contribution in [0.4, 0.5) is 15.8 Å². The van der Waals surface area contributed by atoms with Crippen molar-refractivity contribution in [3.63, 3.8) is 0 Å². The van der Waals surface area contributed by atoms with E-state index in [4.69, 9.17) is 11.6 Å². The number of nitriles is 1. The molecule has 0 bridgehead atoms. The Labute approximate surface area is 125 Å². The smallest absolute Gasteiger partial charge is 0.123 e. The Morgan fingerprint density at radius 2 is 1.90 bits per heavy atom. The van der Waals surface area contributed by atoms with Gasteiger partial charge in [0.15, 0.2) is 0 Å². The van der Waals surface area contributed by atoms with E-state index in [1.807, 2.05) is 6.07 Å². The fourth-order valence-corrected chi connectivity index (χ4v) is 2.31. The van der Waals surface area contributed by atoms with Crippen molar-refractivity contribution in [1.82, 2.24) is 4.98 Å². The zero-order valence-electron chi connectivity index (χ0n) is 10.8. The van der Waals surface area contributed by atoms with Crippen LogP contribution in [0.1, 0.15) is 5.56 Å². The van der Waals surface area contributed by atoms with Crippen molar-refractivity contribution in [3.05, 3.63) is 65.1 Å². The Hall–Kier alpha value is -2.64. The van der Waals surface area contributed by atoms with Gasteiger partial charge in [0.05, 0.1) is 21.8 Å². The Balaban J connectivity index is 2.18. The topological polar surface area (TPSA) is 48.7 Å². The summed E-state index contributed by atoms with van der Waals surface area (Å²) >= 11 is 6.13. The van der Waals surface area contributed by atoms with Crippen LogP contribution in [0, 0.1) is 17.1 Å². The molecule has 3 aromatic rings. The maximum Gasteiger partial charge on any atom is 0.123 e. The number of pyridine rings is 1. The first-order valence-corrected chi connectivity index (χ1v) is 6.57. The average molecular weight is 298 g/mol. The molecule has 0 saturated heterocycles. The molecule has 0 unspecified atom stereocenters. The average Bonchev–Trinajstić information content (AvgIpc) is 2.50. The summed E-state index contributed by atoms with van der Waals surface area (Å²) < 4.78 is 13.0. The van der Waals surface area contributed by atoms with Gasteiger partial charge in [0.2, 0.25) is 0 Å². The second-order valence-corrected chi connectivity index (χ2v) is 4.83. The van der Waals surface area contributed by atoms with Crippen molar-refractivity contribution < 1.29 is 4.39 Å². The zero-order chi connectivity index (χ0) is 14.8. The summed E-state index contributed by atoms with van der Waals surface area (Å²) in [6, 6.07) is 13.4. The maximum atomic E-state index is 13.0. The summed E-state index contributed by atoms with van der Waals surface area (Å²) in [6.45, 7) is 0. The number of halogens is 2. The van der Waals surface area contributed by atoms with Crippen LogP contribution in [0.2, 0.25) is 5.02 Å². The molecule has 0 aliphatic rings. The third-order valence-electron chi connectivity index (χ3n) is 3.08. The second kappa shape index (κ2) is 5.39. The predicted molar refractivity (Wildman–Crippen MR) is 81.2 cm³/mol. The molecule has 1 N–H and O–H groups in total. The lowest BCUT2D eigenvalue weighted by Crippen LogP contribution is -1.97. The van der Waals surface area contributed by atoms with Crippen LogP contribution in [-0.2, 0) is 0 Å². The van der Waals surface area contributed by atoms with Gasteiger partial charge in [0, 0.05) is 17.3 Å². The van der Waals surface area contributed by atoms with Crippen molar-refractivity contribution in [3.8, 4) is 6.07 Å². The first-order valence-electron chi connectivity index (χ1n) is 6.19. The molecular formula is C16H9ClFN3. The molecule has 2 aromatic carbocycles. The number of hydrogen-bond donors (Lipinski definition) is 1. The van der Waals surface area contributed by atoms with E-state index < -0.39 is 0 Å². The van der Waals surface area contributed by atoms with Crippen LogP contribution in [0.5, 0.6) is 0 Å². The number of nitrogens with one attached hydrogen (secondary N) is 1. The molecule has 1 heterocycles. The van der Waals surface area contributed by atoms with Gasteiger partial charge >= 0.3 is 0 Å². The quantitative estimate of drug-likeness (QED) is 0.749. The van der Waals surface area contributed by atoms with Gasteiger partial charge in [-0.05, 0) is 30.3 Å². The minimum atomic E-state index is -0.316. The third kappa shape index (κ3) is 2.51. The Kier molecular flexibility index (Phi) is 3.43. The highest BCUT2D eigenvalue weighted by Gasteiger charge is 2.11. The predicted octanol–water partition coefficient (Wildman–Crippen LogP) is 4.64. The standard InChI is InChI=1S/C16H9ClFN3/c17-14-3-1-2-13-15(10(8-19)9-20-16(13)14)21-12-6-4-11(18)5-7-12/h1-7,9H,(H,20,21). The van der Waals surface area contributed by atoms with Gasteiger partial charge in [-0.2, -0.15) is 5.26 Å². The Morgan fingerprint density at radius 3 is 2.62 bits per heavy atom. The fraction of sp³-hybridized carbons (Fsp3) is 0. The van der Waals surface area contributed by atoms with Crippen molar-refractivity contribution in [2.75, 3.05) is 5.32 Å². The number of hydrogen-bond acceptors (Lipinski definition) is 3. The lowest BCUT2D eigenvalue weighted by atomic mass is 10.1. The second-order valence-electron chi connectivity index (χ2n) is 4.43. The summed E-state index contributed by atoms with van der Waals surface area (Å²) in [5.41, 5.74) is 2.30. The molecule has 0 radical (unpaired) electrons. The molecule has 21 heavy (non-hydrogen) atoms. The van der Waals surface area contributed by atoms with Crippen LogP contribution in [0.15, 0.2) is 48.7 Å². The van der Waals surface area contributed by atoms with Gasteiger partial charge in [-0.15, -0.1) is 0 Å². The highest BCUT2D eigenvalue weighted by atomic mass is 35.5. The van der Waals surface area contributed by atoms with Crippen LogP contribution in [0.25, 0.3) is 10.9 Å². The molecule has 0 aliphatic carbocycles. The highest BCUT2D eigenvalue weighted by molar-refractivity contribution is 6.35. The number of aromatic nitrogens is 1. The number of para-hydroxylation sites is 1. The van der Waals surface area contributed by atoms with Crippen LogP contribution in [0.3, 0.4) is 0 Å². The van der Waals surface area contributed by atoms with Gasteiger partial charge in [-0.25, -0.2) is 4.39 Å². The molecule has 0 aliphatic heterocycles. The Morgan fingerprint density at radius 1 is 1.14 bits per heavy atom. The molecule has 0 saturated carbocycles. The van der Waals surface area contributed by atoms with E-state index in [1.165, 1.54) is 18.3 Å². The fourth-order valence-electron chi connectivity index (χ4n) is 2.08. The molecule has 0 spiro atoms. The minimum absolute atomic E-state index is 0.316. The molecule has 102 valence electrons. The third-order valence-corrected chi connectivity index (χ3v) is 3.39. The van der Waals surface area contributed by atoms with E-state index in [0.29, 0.717) is 27.5 Å². The molecule has 0 amide bonds. The Bertz CT molecular complexity index is 854. The van der Waals surface area contributed by atoms with E-state index in [0.717, 1.165) is 5.39 Å². The highest BCUT2D eigenvalue weighted by Crippen LogP contribution is 2.31. The van der Waals surface area contributed by atoms with Gasteiger partial charge in [0.1, 0.15) is 11.9 Å². The van der Waals surface area contributed by atoms with Crippen molar-refractivity contribution in [1.29, 1.82) is 5.26 Å². The largest absolute Gasteiger partial charge is 0.354 e. The van der Waals surface area contributed by atoms with Crippen LogP contribution in [-0.4, -0.2) is 4.98 Å². The van der Waals surface area contributed by atoms with Crippen LogP contribution >= 0.6 is 11.6 Å². The number of benzene rings is 2. The van der Waals surface area contributed by atoms with Crippen LogP contribution < -0.4 is 5.32 Å². The zero-order valence-corrected chi connectivity index (χ0v) is 11.5. The minimum Gasteiger partial charge on any atom is -0.354 e. The van der Waals surface area contributed by atoms with E-state index in [-0.39, 0.29) is 5.82 Å².